The topological polar surface area (TPSA) is 12.5 Å². The van der Waals surface area contributed by atoms with E-state index < -0.39 is 0 Å². The van der Waals surface area contributed by atoms with Crippen LogP contribution < -0.4 is 4.74 Å². The van der Waals surface area contributed by atoms with Crippen molar-refractivity contribution in [2.75, 3.05) is 20.2 Å². The second-order valence-electron chi connectivity index (χ2n) is 5.31. The number of likely N-dealkylation sites (N-methyl/N-ethyl adjacent to an activating group) is 1. The van der Waals surface area contributed by atoms with Crippen LogP contribution in [0.5, 0.6) is 5.75 Å². The molecule has 2 rings (SSSR count). The average Bonchev–Trinajstić information content (AvgIpc) is 2.30. The highest BCUT2D eigenvalue weighted by atomic mass is 79.9. The molecule has 4 heteroatoms. The first-order chi connectivity index (χ1) is 8.58. The number of rotatable bonds is 3. The van der Waals surface area contributed by atoms with Gasteiger partial charge in [0.15, 0.2) is 0 Å². The molecule has 0 radical (unpaired) electrons. The van der Waals surface area contributed by atoms with E-state index in [4.69, 9.17) is 4.74 Å². The molecule has 108 valence electrons. The number of hydrogen-bond donors (Lipinski definition) is 0. The summed E-state index contributed by atoms with van der Waals surface area (Å²) in [4.78, 5) is 2.42. The zero-order chi connectivity index (χ0) is 13.1. The van der Waals surface area contributed by atoms with Crippen molar-refractivity contribution in [3.05, 3.63) is 27.7 Å². The highest BCUT2D eigenvalue weighted by molar-refractivity contribution is 9.10. The Kier molecular flexibility index (Phi) is 6.64. The van der Waals surface area contributed by atoms with Gasteiger partial charge in [0.1, 0.15) is 12.4 Å². The van der Waals surface area contributed by atoms with Crippen LogP contribution in [0.4, 0.5) is 0 Å². The highest BCUT2D eigenvalue weighted by Gasteiger charge is 2.20. The molecule has 0 aromatic heterocycles. The Morgan fingerprint density at radius 2 is 1.89 bits per heavy atom. The van der Waals surface area contributed by atoms with Crippen molar-refractivity contribution in [2.24, 2.45) is 0 Å². The zero-order valence-corrected chi connectivity index (χ0v) is 14.3. The fourth-order valence-electron chi connectivity index (χ4n) is 2.66. The Balaban J connectivity index is 0.00000180. The molecule has 0 unspecified atom stereocenters. The number of likely N-dealkylation sites (tertiary alicyclic amines) is 1. The van der Waals surface area contributed by atoms with E-state index in [-0.39, 0.29) is 12.4 Å². The van der Waals surface area contributed by atoms with E-state index in [1.54, 1.807) is 0 Å². The van der Waals surface area contributed by atoms with Crippen LogP contribution in [0.15, 0.2) is 16.6 Å². The lowest BCUT2D eigenvalue weighted by Gasteiger charge is -2.32. The monoisotopic (exact) mass is 347 g/mol. The van der Waals surface area contributed by atoms with E-state index in [1.165, 1.54) is 36.9 Å². The van der Waals surface area contributed by atoms with Gasteiger partial charge in [0, 0.05) is 10.5 Å². The molecule has 1 saturated heterocycles. The molecule has 1 aliphatic heterocycles. The van der Waals surface area contributed by atoms with E-state index in [0.717, 1.165) is 16.8 Å². The Bertz CT molecular complexity index is 402. The largest absolute Gasteiger partial charge is 0.491 e. The Morgan fingerprint density at radius 3 is 2.47 bits per heavy atom. The summed E-state index contributed by atoms with van der Waals surface area (Å²) in [6.07, 6.45) is 3.91. The number of halogens is 2. The van der Waals surface area contributed by atoms with Crippen molar-refractivity contribution in [3.63, 3.8) is 0 Å². The maximum Gasteiger partial charge on any atom is 0.125 e. The van der Waals surface area contributed by atoms with Crippen molar-refractivity contribution < 1.29 is 4.74 Å². The van der Waals surface area contributed by atoms with E-state index in [9.17, 15) is 0 Å². The first-order valence-electron chi connectivity index (χ1n) is 6.67. The quantitative estimate of drug-likeness (QED) is 0.805. The third-order valence-corrected chi connectivity index (χ3v) is 4.22. The van der Waals surface area contributed by atoms with Gasteiger partial charge in [-0.1, -0.05) is 22.4 Å². The molecule has 0 amide bonds. The van der Waals surface area contributed by atoms with Gasteiger partial charge in [0.25, 0.3) is 0 Å². The van der Waals surface area contributed by atoms with Crippen molar-refractivity contribution in [2.45, 2.75) is 39.2 Å². The second kappa shape index (κ2) is 7.51. The standard InChI is InChI=1S/C15H22BrNO.ClH/c1-11-8-13(16)9-12(2)15(11)18-10-14-6-4-5-7-17(14)3;/h8-9,14H,4-7,10H2,1-3H3;1H/t14-;/m0./s1. The first kappa shape index (κ1) is 16.8. The number of hydrogen-bond acceptors (Lipinski definition) is 2. The minimum absolute atomic E-state index is 0. The van der Waals surface area contributed by atoms with Gasteiger partial charge < -0.3 is 9.64 Å². The maximum absolute atomic E-state index is 6.07. The normalized spacial score (nSPS) is 19.9. The Hall–Kier alpha value is -0.250. The lowest BCUT2D eigenvalue weighted by molar-refractivity contribution is 0.124. The summed E-state index contributed by atoms with van der Waals surface area (Å²) in [6, 6.07) is 4.81. The van der Waals surface area contributed by atoms with Crippen LogP contribution in [-0.4, -0.2) is 31.1 Å². The first-order valence-corrected chi connectivity index (χ1v) is 7.47. The van der Waals surface area contributed by atoms with Crippen LogP contribution in [0, 0.1) is 13.8 Å². The minimum Gasteiger partial charge on any atom is -0.491 e. The van der Waals surface area contributed by atoms with E-state index in [2.05, 4.69) is 53.9 Å². The molecule has 1 atom stereocenters. The predicted octanol–water partition coefficient (Wildman–Crippen LogP) is 4.35. The fraction of sp³-hybridized carbons (Fsp3) is 0.600. The van der Waals surface area contributed by atoms with Gasteiger partial charge in [-0.25, -0.2) is 0 Å². The summed E-state index contributed by atoms with van der Waals surface area (Å²) in [5.41, 5.74) is 2.42. The summed E-state index contributed by atoms with van der Waals surface area (Å²) >= 11 is 3.52. The van der Waals surface area contributed by atoms with Gasteiger partial charge >= 0.3 is 0 Å². The van der Waals surface area contributed by atoms with Gasteiger partial charge in [0.05, 0.1) is 0 Å². The van der Waals surface area contributed by atoms with Gasteiger partial charge in [-0.15, -0.1) is 12.4 Å². The van der Waals surface area contributed by atoms with Gasteiger partial charge in [0.2, 0.25) is 0 Å². The summed E-state index contributed by atoms with van der Waals surface area (Å²) in [6.45, 7) is 6.22. The van der Waals surface area contributed by atoms with Gasteiger partial charge in [-0.2, -0.15) is 0 Å². The number of ether oxygens (including phenoxy) is 1. The van der Waals surface area contributed by atoms with Crippen molar-refractivity contribution in [1.29, 1.82) is 0 Å². The van der Waals surface area contributed by atoms with Gasteiger partial charge in [-0.3, -0.25) is 0 Å². The minimum atomic E-state index is 0. The number of aryl methyl sites for hydroxylation is 2. The van der Waals surface area contributed by atoms with Gasteiger partial charge in [-0.05, 0) is 63.5 Å². The predicted molar refractivity (Wildman–Crippen MR) is 86.6 cm³/mol. The molecule has 1 aliphatic rings. The number of benzene rings is 1. The highest BCUT2D eigenvalue weighted by Crippen LogP contribution is 2.28. The second-order valence-corrected chi connectivity index (χ2v) is 6.23. The van der Waals surface area contributed by atoms with E-state index >= 15 is 0 Å². The molecule has 1 aromatic carbocycles. The molecule has 0 aliphatic carbocycles. The lowest BCUT2D eigenvalue weighted by atomic mass is 10.0. The molecule has 0 N–H and O–H groups in total. The molecule has 1 fully saturated rings. The van der Waals surface area contributed by atoms with Crippen molar-refractivity contribution >= 4 is 28.3 Å². The smallest absolute Gasteiger partial charge is 0.125 e. The average molecular weight is 349 g/mol. The molecule has 0 bridgehead atoms. The van der Waals surface area contributed by atoms with Crippen LogP contribution in [0.2, 0.25) is 0 Å². The van der Waals surface area contributed by atoms with Crippen molar-refractivity contribution in [3.8, 4) is 5.75 Å². The molecule has 1 heterocycles. The third kappa shape index (κ3) is 4.37. The summed E-state index contributed by atoms with van der Waals surface area (Å²) in [5, 5.41) is 0. The molecule has 0 spiro atoms. The maximum atomic E-state index is 6.07. The SMILES string of the molecule is Cc1cc(Br)cc(C)c1OC[C@@H]1CCCCN1C.Cl. The summed E-state index contributed by atoms with van der Waals surface area (Å²) in [5.74, 6) is 1.05. The molecule has 19 heavy (non-hydrogen) atoms. The molecule has 0 saturated carbocycles. The molecule has 1 aromatic rings. The van der Waals surface area contributed by atoms with Crippen LogP contribution in [0.25, 0.3) is 0 Å². The third-order valence-electron chi connectivity index (χ3n) is 3.77. The number of piperidine rings is 1. The Labute approximate surface area is 131 Å². The van der Waals surface area contributed by atoms with E-state index in [1.807, 2.05) is 0 Å². The molecular formula is C15H23BrClNO. The molecular weight excluding hydrogens is 326 g/mol. The summed E-state index contributed by atoms with van der Waals surface area (Å²) < 4.78 is 7.19. The fourth-order valence-corrected chi connectivity index (χ4v) is 3.35. The van der Waals surface area contributed by atoms with Crippen LogP contribution in [-0.2, 0) is 0 Å². The molecule has 2 nitrogen and oxygen atoms in total. The summed E-state index contributed by atoms with van der Waals surface area (Å²) in [7, 11) is 2.20. The van der Waals surface area contributed by atoms with Crippen LogP contribution in [0.1, 0.15) is 30.4 Å². The number of nitrogens with zero attached hydrogens (tertiary/aromatic N) is 1. The van der Waals surface area contributed by atoms with Crippen LogP contribution >= 0.6 is 28.3 Å². The van der Waals surface area contributed by atoms with Crippen LogP contribution in [0.3, 0.4) is 0 Å². The Morgan fingerprint density at radius 1 is 1.26 bits per heavy atom. The zero-order valence-electron chi connectivity index (χ0n) is 11.9. The van der Waals surface area contributed by atoms with Crippen molar-refractivity contribution in [1.82, 2.24) is 4.90 Å². The van der Waals surface area contributed by atoms with E-state index in [0.29, 0.717) is 6.04 Å². The lowest BCUT2D eigenvalue weighted by Crippen LogP contribution is -2.40.